The van der Waals surface area contributed by atoms with Gasteiger partial charge in [0.25, 0.3) is 0 Å². The second kappa shape index (κ2) is 9.28. The van der Waals surface area contributed by atoms with Crippen LogP contribution in [-0.4, -0.2) is 32.7 Å². The van der Waals surface area contributed by atoms with E-state index in [4.69, 9.17) is 11.6 Å². The van der Waals surface area contributed by atoms with Gasteiger partial charge < -0.3 is 15.7 Å². The van der Waals surface area contributed by atoms with E-state index in [0.29, 0.717) is 16.4 Å². The first-order chi connectivity index (χ1) is 14.6. The molecule has 0 bridgehead atoms. The number of urea groups is 1. The lowest BCUT2D eigenvalue weighted by atomic mass is 10.0. The molecule has 162 valence electrons. The Bertz CT molecular complexity index is 1060. The van der Waals surface area contributed by atoms with Crippen LogP contribution in [0.15, 0.2) is 60.8 Å². The smallest absolute Gasteiger partial charge is 0.332 e. The van der Waals surface area contributed by atoms with Gasteiger partial charge in [0, 0.05) is 12.3 Å². The number of nitrogens with zero attached hydrogens (tertiary/aromatic N) is 3. The molecule has 0 aliphatic heterocycles. The van der Waals surface area contributed by atoms with Crippen molar-refractivity contribution in [2.75, 3.05) is 15.5 Å². The first kappa shape index (κ1) is 22.5. The number of hydrogen-bond donors (Lipinski definition) is 3. The van der Waals surface area contributed by atoms with Gasteiger partial charge in [-0.05, 0) is 57.2 Å². The zero-order valence-electron chi connectivity index (χ0n) is 17.3. The molecule has 1 heterocycles. The number of rotatable bonds is 6. The lowest BCUT2D eigenvalue weighted by Gasteiger charge is -2.27. The summed E-state index contributed by atoms with van der Waals surface area (Å²) in [5.74, 6) is 0.0423. The van der Waals surface area contributed by atoms with Gasteiger partial charge in [0.15, 0.2) is 0 Å². The molecule has 2 amide bonds. The standard InChI is InChI=1S/C22H23ClFN5O2/c1-14(22(2,3)31)26-20-25-13-12-19(28-20)29(16-10-8-15(24)9-11-16)21(30)27-18-7-5-4-6-17(18)23/h4-14,31H,1-3H3,(H,27,30)(H,25,26,28)/t14-/m0/s1. The van der Waals surface area contributed by atoms with E-state index in [0.717, 1.165) is 0 Å². The number of aliphatic hydroxyl groups is 1. The molecular weight excluding hydrogens is 421 g/mol. The molecule has 3 N–H and O–H groups in total. The van der Waals surface area contributed by atoms with Crippen LogP contribution in [0.5, 0.6) is 0 Å². The van der Waals surface area contributed by atoms with Crippen molar-refractivity contribution in [3.63, 3.8) is 0 Å². The third-order valence-corrected chi connectivity index (χ3v) is 5.01. The number of halogens is 2. The highest BCUT2D eigenvalue weighted by molar-refractivity contribution is 6.33. The monoisotopic (exact) mass is 443 g/mol. The Labute approximate surface area is 184 Å². The Balaban J connectivity index is 1.97. The quantitative estimate of drug-likeness (QED) is 0.486. The molecule has 0 radical (unpaired) electrons. The number of anilines is 4. The molecule has 3 aromatic rings. The summed E-state index contributed by atoms with van der Waals surface area (Å²) in [7, 11) is 0. The minimum atomic E-state index is -1.02. The van der Waals surface area contributed by atoms with Crippen molar-refractivity contribution in [1.29, 1.82) is 0 Å². The molecule has 2 aromatic carbocycles. The van der Waals surface area contributed by atoms with Gasteiger partial charge in [-0.25, -0.2) is 19.1 Å². The highest BCUT2D eigenvalue weighted by Crippen LogP contribution is 2.28. The van der Waals surface area contributed by atoms with Crippen molar-refractivity contribution in [3.05, 3.63) is 71.6 Å². The molecule has 0 fully saturated rings. The molecule has 0 saturated heterocycles. The summed E-state index contributed by atoms with van der Waals surface area (Å²) >= 11 is 6.17. The van der Waals surface area contributed by atoms with Gasteiger partial charge in [-0.3, -0.25) is 0 Å². The van der Waals surface area contributed by atoms with Gasteiger partial charge in [0.2, 0.25) is 5.95 Å². The van der Waals surface area contributed by atoms with Crippen molar-refractivity contribution in [3.8, 4) is 0 Å². The van der Waals surface area contributed by atoms with Crippen molar-refractivity contribution in [1.82, 2.24) is 9.97 Å². The largest absolute Gasteiger partial charge is 0.388 e. The normalized spacial score (nSPS) is 12.2. The summed E-state index contributed by atoms with van der Waals surface area (Å²) in [6, 6.07) is 12.9. The summed E-state index contributed by atoms with van der Waals surface area (Å²) in [6.07, 6.45) is 1.49. The minimum absolute atomic E-state index is 0.227. The van der Waals surface area contributed by atoms with Crippen LogP contribution < -0.4 is 15.5 Å². The van der Waals surface area contributed by atoms with Gasteiger partial charge in [0.1, 0.15) is 11.6 Å². The lowest BCUT2D eigenvalue weighted by Crippen LogP contribution is -2.40. The zero-order valence-corrected chi connectivity index (χ0v) is 18.1. The maximum absolute atomic E-state index is 13.5. The van der Waals surface area contributed by atoms with Crippen LogP contribution in [-0.2, 0) is 0 Å². The molecule has 0 unspecified atom stereocenters. The fourth-order valence-electron chi connectivity index (χ4n) is 2.59. The van der Waals surface area contributed by atoms with Crippen LogP contribution in [0.3, 0.4) is 0 Å². The Kier molecular flexibility index (Phi) is 6.72. The summed E-state index contributed by atoms with van der Waals surface area (Å²) in [6.45, 7) is 5.12. The number of carbonyl (C=O) groups is 1. The predicted octanol–water partition coefficient (Wildman–Crippen LogP) is 5.21. The highest BCUT2D eigenvalue weighted by atomic mass is 35.5. The van der Waals surface area contributed by atoms with E-state index >= 15 is 0 Å². The molecular formula is C22H23ClFN5O2. The fourth-order valence-corrected chi connectivity index (χ4v) is 2.77. The molecule has 7 nitrogen and oxygen atoms in total. The molecule has 9 heteroatoms. The van der Waals surface area contributed by atoms with Crippen LogP contribution in [0.4, 0.5) is 32.3 Å². The van der Waals surface area contributed by atoms with E-state index < -0.39 is 17.4 Å². The molecule has 31 heavy (non-hydrogen) atoms. The molecule has 0 spiro atoms. The van der Waals surface area contributed by atoms with Crippen molar-refractivity contribution < 1.29 is 14.3 Å². The van der Waals surface area contributed by atoms with Crippen LogP contribution in [0.25, 0.3) is 0 Å². The van der Waals surface area contributed by atoms with E-state index in [1.807, 2.05) is 0 Å². The average molecular weight is 444 g/mol. The molecule has 0 saturated carbocycles. The number of para-hydroxylation sites is 1. The SMILES string of the molecule is C[C@H](Nc1nccc(N(C(=O)Nc2ccccc2Cl)c2ccc(F)cc2)n1)C(C)(C)O. The maximum Gasteiger partial charge on any atom is 0.332 e. The first-order valence-corrected chi connectivity index (χ1v) is 9.96. The van der Waals surface area contributed by atoms with Crippen LogP contribution in [0.1, 0.15) is 20.8 Å². The van der Waals surface area contributed by atoms with Crippen molar-refractivity contribution >= 4 is 40.8 Å². The lowest BCUT2D eigenvalue weighted by molar-refractivity contribution is 0.0646. The fraction of sp³-hybridized carbons (Fsp3) is 0.227. The third kappa shape index (κ3) is 5.68. The Morgan fingerprint density at radius 3 is 2.48 bits per heavy atom. The van der Waals surface area contributed by atoms with Gasteiger partial charge in [-0.2, -0.15) is 4.98 Å². The number of nitrogens with one attached hydrogen (secondary N) is 2. The summed E-state index contributed by atoms with van der Waals surface area (Å²) < 4.78 is 13.5. The van der Waals surface area contributed by atoms with Crippen LogP contribution in [0, 0.1) is 5.82 Å². The number of amides is 2. The van der Waals surface area contributed by atoms with Crippen LogP contribution in [0.2, 0.25) is 5.02 Å². The van der Waals surface area contributed by atoms with Crippen molar-refractivity contribution in [2.45, 2.75) is 32.4 Å². The van der Waals surface area contributed by atoms with E-state index in [9.17, 15) is 14.3 Å². The maximum atomic E-state index is 13.5. The Morgan fingerprint density at radius 1 is 1.16 bits per heavy atom. The Hall–Kier alpha value is -3.23. The molecule has 1 atom stereocenters. The van der Waals surface area contributed by atoms with E-state index in [2.05, 4.69) is 20.6 Å². The predicted molar refractivity (Wildman–Crippen MR) is 120 cm³/mol. The first-order valence-electron chi connectivity index (χ1n) is 9.58. The highest BCUT2D eigenvalue weighted by Gasteiger charge is 2.24. The van der Waals surface area contributed by atoms with E-state index in [1.165, 1.54) is 35.4 Å². The van der Waals surface area contributed by atoms with Crippen molar-refractivity contribution in [2.24, 2.45) is 0 Å². The zero-order chi connectivity index (χ0) is 22.6. The van der Waals surface area contributed by atoms with Gasteiger partial charge in [0.05, 0.1) is 28.0 Å². The Morgan fingerprint density at radius 2 is 1.84 bits per heavy atom. The second-order valence-electron chi connectivity index (χ2n) is 7.48. The minimum Gasteiger partial charge on any atom is -0.388 e. The number of hydrogen-bond acceptors (Lipinski definition) is 5. The number of aromatic nitrogens is 2. The average Bonchev–Trinajstić information content (AvgIpc) is 2.71. The topological polar surface area (TPSA) is 90.4 Å². The summed E-state index contributed by atoms with van der Waals surface area (Å²) in [5.41, 5.74) is -0.201. The van der Waals surface area contributed by atoms with Gasteiger partial charge in [-0.15, -0.1) is 0 Å². The summed E-state index contributed by atoms with van der Waals surface area (Å²) in [5, 5.41) is 16.3. The number of benzene rings is 2. The summed E-state index contributed by atoms with van der Waals surface area (Å²) in [4.78, 5) is 23.1. The van der Waals surface area contributed by atoms with Gasteiger partial charge >= 0.3 is 6.03 Å². The molecule has 3 rings (SSSR count). The second-order valence-corrected chi connectivity index (χ2v) is 7.89. The van der Waals surface area contributed by atoms with E-state index in [-0.39, 0.29) is 17.8 Å². The third-order valence-electron chi connectivity index (χ3n) is 4.68. The van der Waals surface area contributed by atoms with E-state index in [1.54, 1.807) is 51.1 Å². The van der Waals surface area contributed by atoms with Gasteiger partial charge in [-0.1, -0.05) is 23.7 Å². The molecule has 0 aliphatic carbocycles. The number of carbonyl (C=O) groups excluding carboxylic acids is 1. The molecule has 1 aromatic heterocycles. The van der Waals surface area contributed by atoms with Crippen LogP contribution >= 0.6 is 11.6 Å². The molecule has 0 aliphatic rings.